The van der Waals surface area contributed by atoms with E-state index in [1.807, 2.05) is 0 Å². The molecule has 0 amide bonds. The van der Waals surface area contributed by atoms with Crippen LogP contribution in [0.1, 0.15) is 20.8 Å². The summed E-state index contributed by atoms with van der Waals surface area (Å²) in [6.45, 7) is 0. The van der Waals surface area contributed by atoms with Crippen molar-refractivity contribution in [3.8, 4) is 0 Å². The van der Waals surface area contributed by atoms with E-state index in [0.717, 1.165) is 24.5 Å². The van der Waals surface area contributed by atoms with E-state index in [1.165, 1.54) is 6.20 Å². The van der Waals surface area contributed by atoms with Gasteiger partial charge < -0.3 is 5.32 Å². The number of halogens is 3. The standard InChI is InChI=1S/C14H6BrF2N3O2/c15-10-12(20-9-3-6(16)1-2-8(9)17)13(21)7-4-18-5-19-11(7)14(10)22/h1-5,20H. The Morgan fingerprint density at radius 1 is 1.14 bits per heavy atom. The van der Waals surface area contributed by atoms with Gasteiger partial charge in [0.25, 0.3) is 0 Å². The number of carbonyl (C=O) groups excluding carboxylic acids is 2. The summed E-state index contributed by atoms with van der Waals surface area (Å²) in [5, 5.41) is 2.45. The molecule has 5 nitrogen and oxygen atoms in total. The maximum atomic E-state index is 13.7. The highest BCUT2D eigenvalue weighted by molar-refractivity contribution is 9.12. The van der Waals surface area contributed by atoms with E-state index in [-0.39, 0.29) is 27.1 Å². The molecule has 0 unspecified atom stereocenters. The second kappa shape index (κ2) is 5.38. The molecule has 2 aromatic rings. The van der Waals surface area contributed by atoms with Crippen LogP contribution in [0.15, 0.2) is 40.9 Å². The van der Waals surface area contributed by atoms with Crippen molar-refractivity contribution < 1.29 is 18.4 Å². The number of ketones is 2. The molecule has 1 N–H and O–H groups in total. The molecule has 1 aromatic carbocycles. The van der Waals surface area contributed by atoms with E-state index in [1.54, 1.807) is 0 Å². The van der Waals surface area contributed by atoms with E-state index in [4.69, 9.17) is 0 Å². The Balaban J connectivity index is 2.07. The molecule has 0 saturated carbocycles. The first-order valence-corrected chi connectivity index (χ1v) is 6.79. The average molecular weight is 366 g/mol. The normalized spacial score (nSPS) is 14.1. The summed E-state index contributed by atoms with van der Waals surface area (Å²) < 4.78 is 26.8. The van der Waals surface area contributed by atoms with Crippen LogP contribution in [0.2, 0.25) is 0 Å². The Hall–Kier alpha value is -2.48. The number of Topliss-reactive ketones (excluding diaryl/α,β-unsaturated/α-hetero) is 2. The second-order valence-corrected chi connectivity index (χ2v) is 5.17. The van der Waals surface area contributed by atoms with Gasteiger partial charge in [-0.25, -0.2) is 18.7 Å². The third-order valence-corrected chi connectivity index (χ3v) is 3.76. The van der Waals surface area contributed by atoms with Crippen molar-refractivity contribution in [1.29, 1.82) is 0 Å². The Kier molecular flexibility index (Phi) is 3.53. The van der Waals surface area contributed by atoms with Crippen LogP contribution in [0.25, 0.3) is 0 Å². The van der Waals surface area contributed by atoms with Crippen LogP contribution in [-0.4, -0.2) is 21.5 Å². The van der Waals surface area contributed by atoms with Crippen molar-refractivity contribution in [3.63, 3.8) is 0 Å². The summed E-state index contributed by atoms with van der Waals surface area (Å²) in [4.78, 5) is 32.0. The summed E-state index contributed by atoms with van der Waals surface area (Å²) >= 11 is 3.00. The first kappa shape index (κ1) is 14.5. The lowest BCUT2D eigenvalue weighted by Gasteiger charge is -2.18. The van der Waals surface area contributed by atoms with Crippen LogP contribution >= 0.6 is 15.9 Å². The number of anilines is 1. The lowest BCUT2D eigenvalue weighted by atomic mass is 9.98. The minimum atomic E-state index is -0.760. The maximum absolute atomic E-state index is 13.7. The van der Waals surface area contributed by atoms with E-state index in [9.17, 15) is 18.4 Å². The molecule has 1 heterocycles. The summed E-state index contributed by atoms with van der Waals surface area (Å²) in [5.41, 5.74) is -0.502. The fourth-order valence-corrected chi connectivity index (χ4v) is 2.44. The number of aromatic nitrogens is 2. The molecule has 3 rings (SSSR count). The van der Waals surface area contributed by atoms with Gasteiger partial charge in [-0.2, -0.15) is 0 Å². The van der Waals surface area contributed by atoms with Crippen molar-refractivity contribution >= 4 is 33.2 Å². The predicted octanol–water partition coefficient (Wildman–Crippen LogP) is 2.85. The number of hydrogen-bond donors (Lipinski definition) is 1. The van der Waals surface area contributed by atoms with Crippen LogP contribution in [0.5, 0.6) is 0 Å². The first-order valence-electron chi connectivity index (χ1n) is 6.00. The minimum Gasteiger partial charge on any atom is -0.349 e. The number of allylic oxidation sites excluding steroid dienone is 2. The minimum absolute atomic E-state index is 0.00462. The highest BCUT2D eigenvalue weighted by Gasteiger charge is 2.33. The summed E-state index contributed by atoms with van der Waals surface area (Å²) in [7, 11) is 0. The number of rotatable bonds is 2. The number of fused-ring (bicyclic) bond motifs is 1. The molecular weight excluding hydrogens is 360 g/mol. The average Bonchev–Trinajstić information content (AvgIpc) is 2.52. The largest absolute Gasteiger partial charge is 0.349 e. The van der Waals surface area contributed by atoms with Gasteiger partial charge in [0.1, 0.15) is 29.4 Å². The Morgan fingerprint density at radius 2 is 1.91 bits per heavy atom. The van der Waals surface area contributed by atoms with E-state index >= 15 is 0 Å². The van der Waals surface area contributed by atoms with Crippen LogP contribution in [0.3, 0.4) is 0 Å². The number of carbonyl (C=O) groups is 2. The zero-order chi connectivity index (χ0) is 15.9. The number of benzene rings is 1. The number of nitrogens with zero attached hydrogens (tertiary/aromatic N) is 2. The van der Waals surface area contributed by atoms with Crippen molar-refractivity contribution in [3.05, 3.63) is 63.8 Å². The molecule has 0 aliphatic heterocycles. The molecule has 1 aliphatic rings. The highest BCUT2D eigenvalue weighted by Crippen LogP contribution is 2.29. The Bertz CT molecular complexity index is 852. The molecule has 0 radical (unpaired) electrons. The summed E-state index contributed by atoms with van der Waals surface area (Å²) in [5.74, 6) is -2.58. The van der Waals surface area contributed by atoms with Gasteiger partial charge in [0, 0.05) is 12.3 Å². The maximum Gasteiger partial charge on any atom is 0.221 e. The van der Waals surface area contributed by atoms with Gasteiger partial charge in [0.15, 0.2) is 0 Å². The third kappa shape index (κ3) is 2.31. The van der Waals surface area contributed by atoms with E-state index in [0.29, 0.717) is 0 Å². The van der Waals surface area contributed by atoms with E-state index < -0.39 is 23.2 Å². The predicted molar refractivity (Wildman–Crippen MR) is 76.6 cm³/mol. The van der Waals surface area contributed by atoms with Gasteiger partial charge in [-0.15, -0.1) is 0 Å². The van der Waals surface area contributed by atoms with Gasteiger partial charge in [-0.3, -0.25) is 9.59 Å². The van der Waals surface area contributed by atoms with Gasteiger partial charge >= 0.3 is 0 Å². The van der Waals surface area contributed by atoms with Crippen molar-refractivity contribution in [2.75, 3.05) is 5.32 Å². The Morgan fingerprint density at radius 3 is 2.68 bits per heavy atom. The quantitative estimate of drug-likeness (QED) is 0.885. The highest BCUT2D eigenvalue weighted by atomic mass is 79.9. The van der Waals surface area contributed by atoms with Crippen LogP contribution in [0, 0.1) is 11.6 Å². The lowest BCUT2D eigenvalue weighted by Crippen LogP contribution is -2.25. The lowest BCUT2D eigenvalue weighted by molar-refractivity contribution is 0.0979. The molecule has 0 fully saturated rings. The molecule has 0 spiro atoms. The second-order valence-electron chi connectivity index (χ2n) is 4.38. The smallest absolute Gasteiger partial charge is 0.221 e. The zero-order valence-corrected chi connectivity index (χ0v) is 12.3. The molecular formula is C14H6BrF2N3O2. The van der Waals surface area contributed by atoms with E-state index in [2.05, 4.69) is 31.2 Å². The van der Waals surface area contributed by atoms with Gasteiger partial charge in [-0.05, 0) is 28.1 Å². The van der Waals surface area contributed by atoms with Gasteiger partial charge in [0.2, 0.25) is 11.6 Å². The van der Waals surface area contributed by atoms with Crippen molar-refractivity contribution in [1.82, 2.24) is 9.97 Å². The molecule has 8 heteroatoms. The van der Waals surface area contributed by atoms with Crippen LogP contribution in [0.4, 0.5) is 14.5 Å². The summed E-state index contributed by atoms with van der Waals surface area (Å²) in [6.07, 6.45) is 2.35. The fourth-order valence-electron chi connectivity index (χ4n) is 1.97. The topological polar surface area (TPSA) is 72.0 Å². The Labute approximate surface area is 131 Å². The van der Waals surface area contributed by atoms with Crippen LogP contribution < -0.4 is 5.32 Å². The third-order valence-electron chi connectivity index (χ3n) is 3.01. The molecule has 0 saturated heterocycles. The molecule has 110 valence electrons. The number of nitrogens with one attached hydrogen (secondary N) is 1. The summed E-state index contributed by atoms with van der Waals surface area (Å²) in [6, 6.07) is 2.75. The fraction of sp³-hybridized carbons (Fsp3) is 0. The number of hydrogen-bond acceptors (Lipinski definition) is 5. The van der Waals surface area contributed by atoms with Crippen LogP contribution in [-0.2, 0) is 0 Å². The monoisotopic (exact) mass is 365 g/mol. The van der Waals surface area contributed by atoms with Gasteiger partial charge in [-0.1, -0.05) is 0 Å². The van der Waals surface area contributed by atoms with Crippen molar-refractivity contribution in [2.45, 2.75) is 0 Å². The zero-order valence-electron chi connectivity index (χ0n) is 10.7. The van der Waals surface area contributed by atoms with Crippen molar-refractivity contribution in [2.24, 2.45) is 0 Å². The molecule has 0 bridgehead atoms. The molecule has 22 heavy (non-hydrogen) atoms. The van der Waals surface area contributed by atoms with Gasteiger partial charge in [0.05, 0.1) is 15.7 Å². The first-order chi connectivity index (χ1) is 10.5. The SMILES string of the molecule is O=C1C(Nc2cc(F)ccc2F)=C(Br)C(=O)c2ncncc21. The molecule has 1 aliphatic carbocycles. The molecule has 0 atom stereocenters. The molecule has 1 aromatic heterocycles.